The lowest BCUT2D eigenvalue weighted by molar-refractivity contribution is -0.278. The summed E-state index contributed by atoms with van der Waals surface area (Å²) in [6.07, 6.45) is -12.0. The van der Waals surface area contributed by atoms with E-state index in [0.717, 1.165) is 0 Å². The first kappa shape index (κ1) is 11.1. The van der Waals surface area contributed by atoms with Gasteiger partial charge in [0.15, 0.2) is 0 Å². The average Bonchev–Trinajstić information content (AvgIpc) is 1.48. The van der Waals surface area contributed by atoms with Crippen molar-refractivity contribution in [1.29, 1.82) is 0 Å². The van der Waals surface area contributed by atoms with E-state index in [1.54, 1.807) is 0 Å². The molecule has 0 N–H and O–H groups in total. The first-order valence-electron chi connectivity index (χ1n) is 2.76. The molecule has 0 amide bonds. The van der Waals surface area contributed by atoms with Gasteiger partial charge in [0.2, 0.25) is 0 Å². The third-order valence-electron chi connectivity index (χ3n) is 0.699. The van der Waals surface area contributed by atoms with E-state index in [1.807, 2.05) is 0 Å². The van der Waals surface area contributed by atoms with E-state index in [0.29, 0.717) is 6.92 Å². The molecule has 0 unspecified atom stereocenters. The summed E-state index contributed by atoms with van der Waals surface area (Å²) >= 11 is 0. The van der Waals surface area contributed by atoms with Crippen LogP contribution in [0.4, 0.5) is 22.0 Å². The summed E-state index contributed by atoms with van der Waals surface area (Å²) in [6, 6.07) is 0. The van der Waals surface area contributed by atoms with E-state index in [1.165, 1.54) is 0 Å². The van der Waals surface area contributed by atoms with Gasteiger partial charge in [-0.15, -0.1) is 0 Å². The van der Waals surface area contributed by atoms with Gasteiger partial charge in [-0.1, -0.05) is 0 Å². The second-order valence-electron chi connectivity index (χ2n) is 2.02. The maximum Gasteiger partial charge on any atom is 0.408 e. The SMILES string of the molecule is CC(=O)OC(F)(F)CC(F)(F)F. The smallest absolute Gasteiger partial charge is 0.401 e. The minimum Gasteiger partial charge on any atom is -0.401 e. The molecule has 2 nitrogen and oxygen atoms in total. The molecular weight excluding hydrogens is 187 g/mol. The zero-order valence-corrected chi connectivity index (χ0v) is 5.91. The molecule has 12 heavy (non-hydrogen) atoms. The predicted octanol–water partition coefficient (Wildman–Crippen LogP) is 2.09. The second-order valence-corrected chi connectivity index (χ2v) is 2.02. The topological polar surface area (TPSA) is 26.3 Å². The molecule has 0 aliphatic rings. The lowest BCUT2D eigenvalue weighted by Crippen LogP contribution is -2.30. The number of ether oxygens (including phenoxy) is 1. The lowest BCUT2D eigenvalue weighted by atomic mass is 10.4. The Kier molecular flexibility index (Phi) is 3.00. The Morgan fingerprint density at radius 3 is 1.92 bits per heavy atom. The van der Waals surface area contributed by atoms with Crippen molar-refractivity contribution in [2.75, 3.05) is 0 Å². The van der Waals surface area contributed by atoms with Gasteiger partial charge in [0, 0.05) is 6.92 Å². The third-order valence-corrected chi connectivity index (χ3v) is 0.699. The molecule has 0 aromatic carbocycles. The van der Waals surface area contributed by atoms with Crippen LogP contribution < -0.4 is 0 Å². The fourth-order valence-corrected chi connectivity index (χ4v) is 0.480. The molecule has 7 heteroatoms. The molecule has 0 aliphatic carbocycles. The van der Waals surface area contributed by atoms with Crippen molar-refractivity contribution < 1.29 is 31.5 Å². The van der Waals surface area contributed by atoms with E-state index in [9.17, 15) is 26.7 Å². The van der Waals surface area contributed by atoms with E-state index >= 15 is 0 Å². The molecule has 72 valence electrons. The molecule has 0 radical (unpaired) electrons. The maximum atomic E-state index is 12.0. The number of esters is 1. The highest BCUT2D eigenvalue weighted by atomic mass is 19.4. The van der Waals surface area contributed by atoms with Crippen LogP contribution in [-0.2, 0) is 9.53 Å². The second kappa shape index (κ2) is 3.24. The monoisotopic (exact) mass is 192 g/mol. The zero-order chi connectivity index (χ0) is 9.99. The number of carbonyl (C=O) groups is 1. The van der Waals surface area contributed by atoms with Gasteiger partial charge in [-0.05, 0) is 0 Å². The Balaban J connectivity index is 4.13. The summed E-state index contributed by atoms with van der Waals surface area (Å²) < 4.78 is 61.1. The molecule has 0 aromatic heterocycles. The maximum absolute atomic E-state index is 12.0. The van der Waals surface area contributed by atoms with Crippen LogP contribution in [0.15, 0.2) is 0 Å². The lowest BCUT2D eigenvalue weighted by Gasteiger charge is -2.16. The Hall–Kier alpha value is -0.880. The fourth-order valence-electron chi connectivity index (χ4n) is 0.480. The van der Waals surface area contributed by atoms with Gasteiger partial charge >= 0.3 is 18.3 Å². The summed E-state index contributed by atoms with van der Waals surface area (Å²) in [5.41, 5.74) is 0. The summed E-state index contributed by atoms with van der Waals surface area (Å²) in [5, 5.41) is 0. The zero-order valence-electron chi connectivity index (χ0n) is 5.91. The van der Waals surface area contributed by atoms with Crippen LogP contribution in [0.5, 0.6) is 0 Å². The van der Waals surface area contributed by atoms with Crippen LogP contribution in [0, 0.1) is 0 Å². The highest BCUT2D eigenvalue weighted by molar-refractivity contribution is 5.66. The summed E-state index contributed by atoms with van der Waals surface area (Å²) in [5.74, 6) is -1.45. The number of rotatable bonds is 2. The summed E-state index contributed by atoms with van der Waals surface area (Å²) in [7, 11) is 0. The normalized spacial score (nSPS) is 12.8. The largest absolute Gasteiger partial charge is 0.408 e. The molecular formula is C5H5F5O2. The van der Waals surface area contributed by atoms with E-state index in [4.69, 9.17) is 0 Å². The van der Waals surface area contributed by atoms with Crippen LogP contribution in [0.1, 0.15) is 13.3 Å². The van der Waals surface area contributed by atoms with Crippen LogP contribution in [0.3, 0.4) is 0 Å². The van der Waals surface area contributed by atoms with Crippen molar-refractivity contribution >= 4 is 5.97 Å². The molecule has 0 heterocycles. The molecule has 0 fully saturated rings. The summed E-state index contributed by atoms with van der Waals surface area (Å²) in [4.78, 5) is 9.88. The first-order chi connectivity index (χ1) is 5.12. The molecule has 0 rings (SSSR count). The minimum absolute atomic E-state index is 0.601. The molecule has 0 aromatic rings. The quantitative estimate of drug-likeness (QED) is 0.494. The number of alkyl halides is 5. The van der Waals surface area contributed by atoms with Crippen LogP contribution in [-0.4, -0.2) is 18.3 Å². The van der Waals surface area contributed by atoms with Gasteiger partial charge in [0.05, 0.1) is 0 Å². The van der Waals surface area contributed by atoms with Gasteiger partial charge in [-0.25, -0.2) is 0 Å². The molecule has 0 atom stereocenters. The highest BCUT2D eigenvalue weighted by Crippen LogP contribution is 2.32. The Labute approximate surface area is 64.3 Å². The number of halogens is 5. The van der Waals surface area contributed by atoms with Crippen LogP contribution >= 0.6 is 0 Å². The number of hydrogen-bond donors (Lipinski definition) is 0. The van der Waals surface area contributed by atoms with Gasteiger partial charge in [-0.2, -0.15) is 22.0 Å². The molecule has 0 aliphatic heterocycles. The fraction of sp³-hybridized carbons (Fsp3) is 0.800. The molecule has 0 saturated heterocycles. The van der Waals surface area contributed by atoms with Crippen LogP contribution in [0.2, 0.25) is 0 Å². The summed E-state index contributed by atoms with van der Waals surface area (Å²) in [6.45, 7) is 0.601. The van der Waals surface area contributed by atoms with Crippen molar-refractivity contribution in [2.45, 2.75) is 25.6 Å². The minimum atomic E-state index is -5.06. The van der Waals surface area contributed by atoms with E-state index in [-0.39, 0.29) is 0 Å². The highest BCUT2D eigenvalue weighted by Gasteiger charge is 2.46. The predicted molar refractivity (Wildman–Crippen MR) is 27.4 cm³/mol. The third kappa shape index (κ3) is 5.87. The van der Waals surface area contributed by atoms with Crippen molar-refractivity contribution in [3.8, 4) is 0 Å². The number of carbonyl (C=O) groups excluding carboxylic acids is 1. The Bertz CT molecular complexity index is 173. The van der Waals surface area contributed by atoms with Gasteiger partial charge < -0.3 is 4.74 Å². The molecule has 0 saturated carbocycles. The average molecular weight is 192 g/mol. The number of hydrogen-bond acceptors (Lipinski definition) is 2. The van der Waals surface area contributed by atoms with E-state index < -0.39 is 24.7 Å². The van der Waals surface area contributed by atoms with Gasteiger partial charge in [-0.3, -0.25) is 4.79 Å². The van der Waals surface area contributed by atoms with Crippen molar-refractivity contribution in [3.63, 3.8) is 0 Å². The Morgan fingerprint density at radius 1 is 1.25 bits per heavy atom. The van der Waals surface area contributed by atoms with E-state index in [2.05, 4.69) is 4.74 Å². The Morgan fingerprint density at radius 2 is 1.67 bits per heavy atom. The molecule has 0 spiro atoms. The van der Waals surface area contributed by atoms with Crippen molar-refractivity contribution in [3.05, 3.63) is 0 Å². The molecule has 0 bridgehead atoms. The van der Waals surface area contributed by atoms with Crippen molar-refractivity contribution in [1.82, 2.24) is 0 Å². The van der Waals surface area contributed by atoms with Crippen LogP contribution in [0.25, 0.3) is 0 Å². The van der Waals surface area contributed by atoms with Gasteiger partial charge in [0.25, 0.3) is 0 Å². The standard InChI is InChI=1S/C5H5F5O2/c1-3(11)12-5(9,10)2-4(6,7)8/h2H2,1H3. The van der Waals surface area contributed by atoms with Crippen molar-refractivity contribution in [2.24, 2.45) is 0 Å². The first-order valence-corrected chi connectivity index (χ1v) is 2.76. The van der Waals surface area contributed by atoms with Gasteiger partial charge in [0.1, 0.15) is 6.42 Å².